The standard InChI is InChI=1S/C23H30FN2O10P/c1-14(2)34-20(29)15(3)12-37(32,36-16-7-5-4-6-8-16)33-11-17-19(28)23(31,13-24)21(35-17)26-10-9-18(27)25-22(26)30/h4-10,14-15,17,19,21,28,31H,11-13H2,1-3H3,(H,25,27,30)/t15-,17-,19+,21-,23?,37+/m1/s1/i11D2. The van der Waals surface area contributed by atoms with E-state index in [4.69, 9.17) is 21.3 Å². The van der Waals surface area contributed by atoms with Crippen molar-refractivity contribution < 1.29 is 45.2 Å². The maximum absolute atomic E-state index is 14.1. The number of halogens is 1. The molecule has 3 rings (SSSR count). The first-order valence-electron chi connectivity index (χ1n) is 12.3. The molecule has 1 aromatic heterocycles. The smallest absolute Gasteiger partial charge is 0.380 e. The predicted octanol–water partition coefficient (Wildman–Crippen LogP) is 1.37. The molecule has 1 aromatic carbocycles. The van der Waals surface area contributed by atoms with Gasteiger partial charge in [0.2, 0.25) is 0 Å². The number of H-pyrrole nitrogens is 1. The first kappa shape index (κ1) is 25.8. The van der Waals surface area contributed by atoms with Crippen molar-refractivity contribution in [3.63, 3.8) is 0 Å². The molecule has 6 atom stereocenters. The SMILES string of the molecule is [2H]C([2H])(O[P@@](=O)(C[C@@H](C)C(=O)OC(C)C)Oc1ccccc1)[C@H]1O[C@@H](n2ccc(=O)[nH]c2=O)C(O)(CF)[C@H]1O. The summed E-state index contributed by atoms with van der Waals surface area (Å²) in [5.41, 5.74) is -4.82. The van der Waals surface area contributed by atoms with Gasteiger partial charge in [-0.2, -0.15) is 0 Å². The van der Waals surface area contributed by atoms with Crippen molar-refractivity contribution in [2.24, 2.45) is 5.92 Å². The molecule has 2 heterocycles. The summed E-state index contributed by atoms with van der Waals surface area (Å²) in [6, 6.07) is 8.41. The van der Waals surface area contributed by atoms with Crippen LogP contribution in [0, 0.1) is 5.92 Å². The Balaban J connectivity index is 1.96. The van der Waals surface area contributed by atoms with Crippen LogP contribution in [0.3, 0.4) is 0 Å². The van der Waals surface area contributed by atoms with Crippen LogP contribution in [0.1, 0.15) is 29.7 Å². The molecule has 0 spiro atoms. The van der Waals surface area contributed by atoms with Gasteiger partial charge >= 0.3 is 19.3 Å². The third-order valence-corrected chi connectivity index (χ3v) is 7.23. The number of aliphatic hydroxyl groups is 2. The van der Waals surface area contributed by atoms with Crippen LogP contribution in [0.15, 0.2) is 52.2 Å². The van der Waals surface area contributed by atoms with Gasteiger partial charge in [-0.25, -0.2) is 13.8 Å². The highest BCUT2D eigenvalue weighted by Gasteiger charge is 2.57. The van der Waals surface area contributed by atoms with E-state index in [0.717, 1.165) is 12.3 Å². The maximum Gasteiger partial charge on any atom is 0.380 e. The highest BCUT2D eigenvalue weighted by Crippen LogP contribution is 2.51. The molecule has 3 N–H and O–H groups in total. The topological polar surface area (TPSA) is 166 Å². The number of ether oxygens (including phenoxy) is 2. The van der Waals surface area contributed by atoms with Crippen LogP contribution in [0.25, 0.3) is 0 Å². The van der Waals surface area contributed by atoms with E-state index < -0.39 is 80.3 Å². The van der Waals surface area contributed by atoms with E-state index >= 15 is 0 Å². The predicted molar refractivity (Wildman–Crippen MR) is 128 cm³/mol. The molecule has 12 nitrogen and oxygen atoms in total. The Labute approximate surface area is 214 Å². The number of esters is 1. The molecule has 1 aliphatic rings. The summed E-state index contributed by atoms with van der Waals surface area (Å²) in [5, 5.41) is 21.6. The highest BCUT2D eigenvalue weighted by molar-refractivity contribution is 7.54. The number of carbonyl (C=O) groups excluding carboxylic acids is 1. The molecule has 0 radical (unpaired) electrons. The minimum absolute atomic E-state index is 0.00637. The number of hydrogen-bond donors (Lipinski definition) is 3. The highest BCUT2D eigenvalue weighted by atomic mass is 31.2. The van der Waals surface area contributed by atoms with E-state index in [1.807, 2.05) is 4.98 Å². The van der Waals surface area contributed by atoms with Crippen LogP contribution in [0.2, 0.25) is 0 Å². The van der Waals surface area contributed by atoms with Gasteiger partial charge in [-0.05, 0) is 26.0 Å². The van der Waals surface area contributed by atoms with Gasteiger partial charge in [0.05, 0.1) is 27.5 Å². The fourth-order valence-corrected chi connectivity index (χ4v) is 5.23. The van der Waals surface area contributed by atoms with Crippen molar-refractivity contribution in [1.82, 2.24) is 9.55 Å². The summed E-state index contributed by atoms with van der Waals surface area (Å²) in [5.74, 6) is -1.85. The van der Waals surface area contributed by atoms with Crippen LogP contribution < -0.4 is 15.8 Å². The zero-order chi connectivity index (χ0) is 29.2. The van der Waals surface area contributed by atoms with E-state index in [1.165, 1.54) is 19.1 Å². The van der Waals surface area contributed by atoms with Gasteiger partial charge in [0.1, 0.15) is 24.6 Å². The number of aromatic amines is 1. The summed E-state index contributed by atoms with van der Waals surface area (Å²) in [6.45, 7) is -0.363. The van der Waals surface area contributed by atoms with Crippen molar-refractivity contribution >= 4 is 13.6 Å². The lowest BCUT2D eigenvalue weighted by Gasteiger charge is -2.28. The monoisotopic (exact) mass is 546 g/mol. The number of carbonyl (C=O) groups is 1. The van der Waals surface area contributed by atoms with E-state index in [0.29, 0.717) is 4.57 Å². The lowest BCUT2D eigenvalue weighted by Crippen LogP contribution is -2.51. The van der Waals surface area contributed by atoms with Gasteiger partial charge in [0, 0.05) is 12.3 Å². The second kappa shape index (κ2) is 11.7. The van der Waals surface area contributed by atoms with Crippen LogP contribution in [0.4, 0.5) is 4.39 Å². The number of aromatic nitrogens is 2. The molecule has 1 unspecified atom stereocenters. The molecule has 1 saturated heterocycles. The molecule has 0 saturated carbocycles. The fourth-order valence-electron chi connectivity index (χ4n) is 3.52. The van der Waals surface area contributed by atoms with Gasteiger partial charge < -0.3 is 24.2 Å². The Hall–Kier alpha value is -2.83. The molecule has 1 aliphatic heterocycles. The number of para-hydroxylation sites is 1. The lowest BCUT2D eigenvalue weighted by atomic mass is 9.95. The molecule has 37 heavy (non-hydrogen) atoms. The molecule has 2 aromatic rings. The van der Waals surface area contributed by atoms with Crippen molar-refractivity contribution in [2.45, 2.75) is 50.9 Å². The van der Waals surface area contributed by atoms with Gasteiger partial charge in [-0.1, -0.05) is 25.1 Å². The Morgan fingerprint density at radius 1 is 1.30 bits per heavy atom. The zero-order valence-corrected chi connectivity index (χ0v) is 21.2. The van der Waals surface area contributed by atoms with Crippen molar-refractivity contribution in [1.29, 1.82) is 0 Å². The number of alkyl halides is 1. The van der Waals surface area contributed by atoms with Crippen LogP contribution in [-0.2, 0) is 23.4 Å². The van der Waals surface area contributed by atoms with Crippen molar-refractivity contribution in [3.8, 4) is 5.75 Å². The average molecular weight is 546 g/mol. The Morgan fingerprint density at radius 3 is 2.57 bits per heavy atom. The third kappa shape index (κ3) is 6.74. The summed E-state index contributed by atoms with van der Waals surface area (Å²) in [4.78, 5) is 38.0. The summed E-state index contributed by atoms with van der Waals surface area (Å²) in [6.07, 6.45) is -6.87. The van der Waals surface area contributed by atoms with Gasteiger partial charge in [-0.3, -0.25) is 23.7 Å². The van der Waals surface area contributed by atoms with E-state index in [2.05, 4.69) is 0 Å². The van der Waals surface area contributed by atoms with Gasteiger partial charge in [-0.15, -0.1) is 0 Å². The van der Waals surface area contributed by atoms with Crippen molar-refractivity contribution in [3.05, 3.63) is 63.4 Å². The molecule has 204 valence electrons. The van der Waals surface area contributed by atoms with Crippen LogP contribution >= 0.6 is 7.60 Å². The first-order chi connectivity index (χ1) is 18.1. The van der Waals surface area contributed by atoms with Crippen LogP contribution in [-0.4, -0.2) is 69.0 Å². The van der Waals surface area contributed by atoms with Gasteiger partial charge in [0.25, 0.3) is 5.56 Å². The average Bonchev–Trinajstić information content (AvgIpc) is 3.10. The Bertz CT molecular complexity index is 1320. The summed E-state index contributed by atoms with van der Waals surface area (Å²) >= 11 is 0. The Kier molecular flexibility index (Phi) is 8.16. The second-order valence-corrected chi connectivity index (χ2v) is 10.7. The third-order valence-electron chi connectivity index (χ3n) is 5.37. The molecule has 14 heteroatoms. The maximum atomic E-state index is 14.1. The molecular formula is C23H30FN2O10P. The van der Waals surface area contributed by atoms with Crippen LogP contribution in [0.5, 0.6) is 5.75 Å². The van der Waals surface area contributed by atoms with E-state index in [-0.39, 0.29) is 5.75 Å². The number of nitrogens with one attached hydrogen (secondary N) is 1. The number of benzene rings is 1. The fraction of sp³-hybridized carbons (Fsp3) is 0.522. The molecular weight excluding hydrogens is 514 g/mol. The molecule has 0 bridgehead atoms. The number of hydrogen-bond acceptors (Lipinski definition) is 10. The quantitative estimate of drug-likeness (QED) is 0.277. The second-order valence-electron chi connectivity index (χ2n) is 8.79. The van der Waals surface area contributed by atoms with Gasteiger partial charge in [0.15, 0.2) is 11.8 Å². The normalized spacial score (nSPS) is 27.2. The van der Waals surface area contributed by atoms with E-state index in [9.17, 15) is 33.6 Å². The van der Waals surface area contributed by atoms with Crippen molar-refractivity contribution in [2.75, 3.05) is 19.4 Å². The number of rotatable bonds is 11. The molecule has 1 fully saturated rings. The summed E-state index contributed by atoms with van der Waals surface area (Å²) < 4.78 is 66.7. The molecule has 0 amide bonds. The Morgan fingerprint density at radius 2 is 1.97 bits per heavy atom. The zero-order valence-electron chi connectivity index (χ0n) is 22.3. The number of aliphatic hydroxyl groups excluding tert-OH is 1. The summed E-state index contributed by atoms with van der Waals surface area (Å²) in [7, 11) is -4.61. The number of nitrogens with zero attached hydrogens (tertiary/aromatic N) is 1. The lowest BCUT2D eigenvalue weighted by molar-refractivity contribution is -0.151. The first-order valence-corrected chi connectivity index (χ1v) is 13.0. The largest absolute Gasteiger partial charge is 0.463 e. The molecule has 0 aliphatic carbocycles. The van der Waals surface area contributed by atoms with E-state index in [1.54, 1.807) is 32.0 Å². The minimum atomic E-state index is -4.61. The minimum Gasteiger partial charge on any atom is -0.463 e.